The van der Waals surface area contributed by atoms with Gasteiger partial charge in [0.2, 0.25) is 0 Å². The van der Waals surface area contributed by atoms with E-state index in [9.17, 15) is 4.79 Å². The maximum absolute atomic E-state index is 11.4. The van der Waals surface area contributed by atoms with Gasteiger partial charge >= 0.3 is 6.09 Å². The van der Waals surface area contributed by atoms with E-state index in [0.717, 1.165) is 10.6 Å². The molecule has 0 atom stereocenters. The summed E-state index contributed by atoms with van der Waals surface area (Å²) in [6, 6.07) is 12.7. The van der Waals surface area contributed by atoms with E-state index >= 15 is 0 Å². The Kier molecular flexibility index (Phi) is 4.09. The highest BCUT2D eigenvalue weighted by atomic mass is 32.1. The first-order valence-electron chi connectivity index (χ1n) is 5.37. The van der Waals surface area contributed by atoms with Crippen molar-refractivity contribution in [2.75, 3.05) is 0 Å². The second kappa shape index (κ2) is 5.97. The summed E-state index contributed by atoms with van der Waals surface area (Å²) in [5, 5.41) is 5.92. The van der Waals surface area contributed by atoms with Crippen molar-refractivity contribution in [3.05, 3.63) is 52.7 Å². The molecule has 0 saturated carbocycles. The number of carbonyl (C=O) groups excluding carboxylic acids is 1. The van der Waals surface area contributed by atoms with Gasteiger partial charge in [-0.3, -0.25) is 0 Å². The predicted molar refractivity (Wildman–Crippen MR) is 72.1 cm³/mol. The van der Waals surface area contributed by atoms with Crippen LogP contribution in [0.5, 0.6) is 5.75 Å². The van der Waals surface area contributed by atoms with Crippen LogP contribution in [0.1, 0.15) is 11.8 Å². The topological polar surface area (TPSA) is 50.7 Å². The first-order valence-corrected chi connectivity index (χ1v) is 6.25. The molecule has 0 saturated heterocycles. The zero-order valence-electron chi connectivity index (χ0n) is 9.79. The first-order chi connectivity index (χ1) is 8.75. The smallest absolute Gasteiger partial charge is 0.409 e. The third-order valence-corrected chi connectivity index (χ3v) is 3.13. The molecule has 0 bridgehead atoms. The van der Waals surface area contributed by atoms with Crippen molar-refractivity contribution in [1.29, 1.82) is 0 Å². The van der Waals surface area contributed by atoms with Gasteiger partial charge in [0.25, 0.3) is 0 Å². The Morgan fingerprint density at radius 1 is 1.22 bits per heavy atom. The van der Waals surface area contributed by atoms with E-state index in [1.54, 1.807) is 35.6 Å². The van der Waals surface area contributed by atoms with Crippen LogP contribution in [0.3, 0.4) is 0 Å². The zero-order chi connectivity index (χ0) is 12.8. The minimum Gasteiger partial charge on any atom is -0.409 e. The molecule has 0 fully saturated rings. The number of hydrogen-bond donors (Lipinski definition) is 1. The standard InChI is InChI=1S/C13H12N2O2S/c1-10(12-8-5-9-18-12)14-15-13(16)17-11-6-3-2-4-7-11/h2-9H,1H3,(H,15,16)/b14-10-. The van der Waals surface area contributed by atoms with E-state index in [4.69, 9.17) is 4.74 Å². The van der Waals surface area contributed by atoms with Crippen LogP contribution in [0, 0.1) is 0 Å². The van der Waals surface area contributed by atoms with Crippen LogP contribution in [0.4, 0.5) is 4.79 Å². The molecule has 4 nitrogen and oxygen atoms in total. The molecule has 1 aromatic carbocycles. The summed E-state index contributed by atoms with van der Waals surface area (Å²) in [7, 11) is 0. The molecule has 1 heterocycles. The lowest BCUT2D eigenvalue weighted by Crippen LogP contribution is -2.22. The summed E-state index contributed by atoms with van der Waals surface area (Å²) in [6.07, 6.45) is -0.600. The monoisotopic (exact) mass is 260 g/mol. The number of hydrogen-bond acceptors (Lipinski definition) is 4. The fourth-order valence-electron chi connectivity index (χ4n) is 1.29. The minimum atomic E-state index is -0.600. The number of para-hydroxylation sites is 1. The van der Waals surface area contributed by atoms with Gasteiger partial charge in [0.1, 0.15) is 5.75 Å². The van der Waals surface area contributed by atoms with E-state index in [2.05, 4.69) is 10.5 Å². The largest absolute Gasteiger partial charge is 0.433 e. The zero-order valence-corrected chi connectivity index (χ0v) is 10.6. The van der Waals surface area contributed by atoms with Gasteiger partial charge in [-0.2, -0.15) is 5.10 Å². The van der Waals surface area contributed by atoms with Crippen LogP contribution in [-0.2, 0) is 0 Å². The normalized spacial score (nSPS) is 11.1. The van der Waals surface area contributed by atoms with Gasteiger partial charge in [0.15, 0.2) is 0 Å². The highest BCUT2D eigenvalue weighted by Gasteiger charge is 2.03. The average Bonchev–Trinajstić information content (AvgIpc) is 2.91. The van der Waals surface area contributed by atoms with Crippen molar-refractivity contribution in [2.24, 2.45) is 5.10 Å². The Morgan fingerprint density at radius 2 is 2.00 bits per heavy atom. The predicted octanol–water partition coefficient (Wildman–Crippen LogP) is 3.26. The van der Waals surface area contributed by atoms with Crippen LogP contribution in [0.15, 0.2) is 52.9 Å². The van der Waals surface area contributed by atoms with Crippen molar-refractivity contribution < 1.29 is 9.53 Å². The summed E-state index contributed by atoms with van der Waals surface area (Å²) in [5.41, 5.74) is 3.10. The molecular weight excluding hydrogens is 248 g/mol. The number of ether oxygens (including phenoxy) is 1. The van der Waals surface area contributed by atoms with Gasteiger partial charge in [-0.25, -0.2) is 10.2 Å². The summed E-state index contributed by atoms with van der Waals surface area (Å²) in [6.45, 7) is 1.83. The van der Waals surface area contributed by atoms with Crippen molar-refractivity contribution >= 4 is 23.1 Å². The number of hydrazone groups is 1. The lowest BCUT2D eigenvalue weighted by molar-refractivity contribution is 0.201. The van der Waals surface area contributed by atoms with Gasteiger partial charge in [-0.15, -0.1) is 11.3 Å². The molecule has 0 spiro atoms. The molecule has 2 aromatic rings. The fourth-order valence-corrected chi connectivity index (χ4v) is 1.96. The molecule has 1 amide bonds. The molecule has 5 heteroatoms. The van der Waals surface area contributed by atoms with Crippen molar-refractivity contribution in [3.63, 3.8) is 0 Å². The highest BCUT2D eigenvalue weighted by molar-refractivity contribution is 7.12. The molecule has 0 aliphatic rings. The summed E-state index contributed by atoms with van der Waals surface area (Å²) < 4.78 is 5.03. The molecule has 0 aliphatic heterocycles. The fraction of sp³-hybridized carbons (Fsp3) is 0.0769. The molecule has 18 heavy (non-hydrogen) atoms. The van der Waals surface area contributed by atoms with E-state index in [1.807, 2.05) is 30.5 Å². The number of nitrogens with zero attached hydrogens (tertiary/aromatic N) is 1. The van der Waals surface area contributed by atoms with Crippen LogP contribution >= 0.6 is 11.3 Å². The lowest BCUT2D eigenvalue weighted by Gasteiger charge is -2.03. The molecule has 92 valence electrons. The third kappa shape index (κ3) is 3.43. The van der Waals surface area contributed by atoms with E-state index < -0.39 is 6.09 Å². The number of thiophene rings is 1. The molecule has 2 rings (SSSR count). The summed E-state index contributed by atoms with van der Waals surface area (Å²) >= 11 is 1.56. The van der Waals surface area contributed by atoms with Crippen LogP contribution in [-0.4, -0.2) is 11.8 Å². The number of amides is 1. The Hall–Kier alpha value is -2.14. The van der Waals surface area contributed by atoms with Crippen molar-refractivity contribution in [3.8, 4) is 5.75 Å². The second-order valence-corrected chi connectivity index (χ2v) is 4.44. The molecule has 0 aliphatic carbocycles. The Balaban J connectivity index is 1.91. The third-order valence-electron chi connectivity index (χ3n) is 2.15. The Morgan fingerprint density at radius 3 is 2.67 bits per heavy atom. The number of nitrogens with one attached hydrogen (secondary N) is 1. The van der Waals surface area contributed by atoms with Gasteiger partial charge in [-0.05, 0) is 30.5 Å². The van der Waals surface area contributed by atoms with Crippen molar-refractivity contribution in [1.82, 2.24) is 5.43 Å². The maximum Gasteiger partial charge on any atom is 0.433 e. The quantitative estimate of drug-likeness (QED) is 0.680. The maximum atomic E-state index is 11.4. The molecule has 1 N–H and O–H groups in total. The molecule has 1 aromatic heterocycles. The highest BCUT2D eigenvalue weighted by Crippen LogP contribution is 2.10. The lowest BCUT2D eigenvalue weighted by atomic mass is 10.3. The number of benzene rings is 1. The van der Waals surface area contributed by atoms with Gasteiger partial charge in [-0.1, -0.05) is 24.3 Å². The van der Waals surface area contributed by atoms with E-state index in [0.29, 0.717) is 5.75 Å². The average molecular weight is 260 g/mol. The van der Waals surface area contributed by atoms with Crippen LogP contribution in [0.2, 0.25) is 0 Å². The van der Waals surface area contributed by atoms with Gasteiger partial charge in [0.05, 0.1) is 5.71 Å². The molecule has 0 radical (unpaired) electrons. The molecule has 0 unspecified atom stereocenters. The Bertz CT molecular complexity index is 535. The SMILES string of the molecule is C/C(=N/NC(=O)Oc1ccccc1)c1cccs1. The van der Waals surface area contributed by atoms with Gasteiger partial charge in [0, 0.05) is 4.88 Å². The second-order valence-electron chi connectivity index (χ2n) is 3.49. The minimum absolute atomic E-state index is 0.485. The van der Waals surface area contributed by atoms with Crippen molar-refractivity contribution in [2.45, 2.75) is 6.92 Å². The molecular formula is C13H12N2O2S. The van der Waals surface area contributed by atoms with Crippen LogP contribution < -0.4 is 10.2 Å². The summed E-state index contributed by atoms with van der Waals surface area (Å²) in [4.78, 5) is 12.5. The first kappa shape index (κ1) is 12.3. The van der Waals surface area contributed by atoms with E-state index in [1.165, 1.54) is 0 Å². The van der Waals surface area contributed by atoms with Crippen LogP contribution in [0.25, 0.3) is 0 Å². The summed E-state index contributed by atoms with van der Waals surface area (Å²) in [5.74, 6) is 0.485. The number of carbonyl (C=O) groups is 1. The number of rotatable bonds is 3. The van der Waals surface area contributed by atoms with E-state index in [-0.39, 0.29) is 0 Å². The Labute approximate surface area is 109 Å². The van der Waals surface area contributed by atoms with Gasteiger partial charge < -0.3 is 4.74 Å².